The van der Waals surface area contributed by atoms with E-state index in [1.165, 1.54) is 27.1 Å². The molecular formula is C29H32O2Si. The molecule has 3 heteroatoms. The van der Waals surface area contributed by atoms with Crippen molar-refractivity contribution in [1.29, 1.82) is 0 Å². The second kappa shape index (κ2) is 8.38. The second-order valence-electron chi connectivity index (χ2n) is 10.0. The third kappa shape index (κ3) is 3.64. The molecule has 0 radical (unpaired) electrons. The number of fused-ring (bicyclic) bond motifs is 5. The highest BCUT2D eigenvalue weighted by molar-refractivity contribution is 6.99. The Morgan fingerprint density at radius 2 is 1.31 bits per heavy atom. The number of hydrogen-bond donors (Lipinski definition) is 0. The normalized spacial score (nSPS) is 21.8. The van der Waals surface area contributed by atoms with Crippen LogP contribution in [0.1, 0.15) is 63.4 Å². The molecule has 32 heavy (non-hydrogen) atoms. The van der Waals surface area contributed by atoms with Crippen LogP contribution in [0, 0.1) is 0 Å². The van der Waals surface area contributed by atoms with Gasteiger partial charge >= 0.3 is 8.32 Å². The Kier molecular flexibility index (Phi) is 5.56. The molecule has 5 rings (SSSR count). The highest BCUT2D eigenvalue weighted by Crippen LogP contribution is 2.48. The summed E-state index contributed by atoms with van der Waals surface area (Å²) in [6.45, 7) is 6.98. The molecule has 0 aromatic heterocycles. The van der Waals surface area contributed by atoms with E-state index in [1.807, 2.05) is 0 Å². The van der Waals surface area contributed by atoms with Crippen molar-refractivity contribution >= 4 is 18.7 Å². The van der Waals surface area contributed by atoms with Crippen LogP contribution in [-0.2, 0) is 9.16 Å². The van der Waals surface area contributed by atoms with E-state index >= 15 is 0 Å². The first-order valence-corrected chi connectivity index (χ1v) is 13.6. The van der Waals surface area contributed by atoms with E-state index in [1.54, 1.807) is 0 Å². The van der Waals surface area contributed by atoms with Crippen molar-refractivity contribution in [2.75, 3.05) is 0 Å². The summed E-state index contributed by atoms with van der Waals surface area (Å²) in [4.78, 5) is 0. The van der Waals surface area contributed by atoms with Gasteiger partial charge in [0.2, 0.25) is 0 Å². The minimum absolute atomic E-state index is 0.0282. The molecule has 0 N–H and O–H groups in total. The van der Waals surface area contributed by atoms with Crippen LogP contribution in [0.15, 0.2) is 96.8 Å². The average molecular weight is 441 g/mol. The van der Waals surface area contributed by atoms with Crippen LogP contribution in [0.4, 0.5) is 0 Å². The lowest BCUT2D eigenvalue weighted by Crippen LogP contribution is -2.65. The lowest BCUT2D eigenvalue weighted by Gasteiger charge is -2.42. The van der Waals surface area contributed by atoms with Gasteiger partial charge in [-0.1, -0.05) is 106 Å². The minimum Gasteiger partial charge on any atom is -0.540 e. The van der Waals surface area contributed by atoms with E-state index in [4.69, 9.17) is 9.16 Å². The summed E-state index contributed by atoms with van der Waals surface area (Å²) in [6, 6.07) is 30.4. The van der Waals surface area contributed by atoms with E-state index < -0.39 is 8.32 Å². The van der Waals surface area contributed by atoms with Gasteiger partial charge in [0.25, 0.3) is 0 Å². The van der Waals surface area contributed by atoms with E-state index in [-0.39, 0.29) is 17.2 Å². The minimum atomic E-state index is -2.56. The van der Waals surface area contributed by atoms with Crippen molar-refractivity contribution in [1.82, 2.24) is 0 Å². The van der Waals surface area contributed by atoms with Gasteiger partial charge in [0.05, 0.1) is 18.5 Å². The predicted molar refractivity (Wildman–Crippen MR) is 134 cm³/mol. The fraction of sp³-hybridized carbons (Fsp3) is 0.310. The molecule has 2 atom stereocenters. The summed E-state index contributed by atoms with van der Waals surface area (Å²) in [5.41, 5.74) is 4.10. The molecule has 3 aromatic rings. The molecule has 3 aromatic carbocycles. The first-order valence-electron chi connectivity index (χ1n) is 11.7. The summed E-state index contributed by atoms with van der Waals surface area (Å²) in [5.74, 6) is 0. The molecule has 164 valence electrons. The molecule has 2 nitrogen and oxygen atoms in total. The topological polar surface area (TPSA) is 18.5 Å². The summed E-state index contributed by atoms with van der Waals surface area (Å²) in [6.07, 6.45) is 5.43. The Morgan fingerprint density at radius 3 is 1.88 bits per heavy atom. The third-order valence-corrected chi connectivity index (χ3v) is 11.9. The first-order chi connectivity index (χ1) is 15.5. The molecule has 2 aliphatic heterocycles. The molecule has 0 unspecified atom stereocenters. The SMILES string of the molecule is CC(C)(C)[Si](O/C=C1\CC[C@@H]2O[C@H](C1)c1ccccc12)(c1ccccc1)c1ccccc1. The van der Waals surface area contributed by atoms with E-state index in [0.29, 0.717) is 0 Å². The monoisotopic (exact) mass is 440 g/mol. The first kappa shape index (κ1) is 21.2. The molecule has 1 saturated heterocycles. The number of ether oxygens (including phenoxy) is 1. The van der Waals surface area contributed by atoms with Crippen LogP contribution in [0.5, 0.6) is 0 Å². The smallest absolute Gasteiger partial charge is 0.319 e. The van der Waals surface area contributed by atoms with Gasteiger partial charge in [-0.3, -0.25) is 0 Å². The fourth-order valence-electron chi connectivity index (χ4n) is 5.45. The molecule has 2 bridgehead atoms. The molecule has 0 amide bonds. The maximum absolute atomic E-state index is 7.08. The number of hydrogen-bond acceptors (Lipinski definition) is 2. The van der Waals surface area contributed by atoms with Crippen molar-refractivity contribution < 1.29 is 9.16 Å². The molecule has 0 spiro atoms. The quantitative estimate of drug-likeness (QED) is 0.343. The van der Waals surface area contributed by atoms with Gasteiger partial charge < -0.3 is 9.16 Å². The van der Waals surface area contributed by atoms with Crippen LogP contribution in [0.25, 0.3) is 0 Å². The van der Waals surface area contributed by atoms with Crippen molar-refractivity contribution in [2.24, 2.45) is 0 Å². The number of benzene rings is 3. The van der Waals surface area contributed by atoms with Crippen LogP contribution < -0.4 is 10.4 Å². The van der Waals surface area contributed by atoms with E-state index in [0.717, 1.165) is 19.3 Å². The van der Waals surface area contributed by atoms with Crippen LogP contribution in [0.3, 0.4) is 0 Å². The van der Waals surface area contributed by atoms with Crippen LogP contribution in [0.2, 0.25) is 5.04 Å². The molecule has 2 aliphatic rings. The summed E-state index contributed by atoms with van der Waals surface area (Å²) in [5, 5.41) is 2.60. The second-order valence-corrected chi connectivity index (χ2v) is 14.3. The van der Waals surface area contributed by atoms with Gasteiger partial charge in [-0.05, 0) is 45.0 Å². The predicted octanol–water partition coefficient (Wildman–Crippen LogP) is 6.44. The highest BCUT2D eigenvalue weighted by atomic mass is 28.4. The lowest BCUT2D eigenvalue weighted by molar-refractivity contribution is 0.0172. The molecular weight excluding hydrogens is 408 g/mol. The molecule has 0 saturated carbocycles. The zero-order valence-corrected chi connectivity index (χ0v) is 20.3. The Bertz CT molecular complexity index is 1060. The Balaban J connectivity index is 1.54. The van der Waals surface area contributed by atoms with Gasteiger partial charge in [0.15, 0.2) is 0 Å². The van der Waals surface area contributed by atoms with Crippen LogP contribution >= 0.6 is 0 Å². The summed E-state index contributed by atoms with van der Waals surface area (Å²) < 4.78 is 13.5. The van der Waals surface area contributed by atoms with Crippen molar-refractivity contribution in [2.45, 2.75) is 57.3 Å². The maximum atomic E-state index is 7.08. The van der Waals surface area contributed by atoms with Crippen molar-refractivity contribution in [3.05, 3.63) is 108 Å². The maximum Gasteiger partial charge on any atom is 0.319 e. The van der Waals surface area contributed by atoms with Crippen molar-refractivity contribution in [3.8, 4) is 0 Å². The van der Waals surface area contributed by atoms with Gasteiger partial charge in [0.1, 0.15) is 0 Å². The average Bonchev–Trinajstić information content (AvgIpc) is 3.00. The van der Waals surface area contributed by atoms with Crippen molar-refractivity contribution in [3.63, 3.8) is 0 Å². The highest BCUT2D eigenvalue weighted by Gasteiger charge is 2.51. The largest absolute Gasteiger partial charge is 0.540 e. The zero-order valence-electron chi connectivity index (χ0n) is 19.3. The van der Waals surface area contributed by atoms with E-state index in [2.05, 4.69) is 112 Å². The Labute approximate surface area is 193 Å². The van der Waals surface area contributed by atoms with Gasteiger partial charge in [-0.15, -0.1) is 0 Å². The lowest BCUT2D eigenvalue weighted by atomic mass is 9.91. The standard InChI is InChI=1S/C29H32O2Si/c1-29(2,3)32(23-12-6-4-7-13-23,24-14-8-5-9-15-24)30-21-22-18-19-27-25-16-10-11-17-26(25)28(20-22)31-27/h4-17,21,27-28H,18-20H2,1-3H3/b22-21+/t27-,28+/m0/s1. The number of rotatable bonds is 4. The van der Waals surface area contributed by atoms with Crippen LogP contribution in [-0.4, -0.2) is 8.32 Å². The molecule has 2 heterocycles. The van der Waals surface area contributed by atoms with Gasteiger partial charge in [0, 0.05) is 6.42 Å². The zero-order chi connectivity index (χ0) is 22.2. The summed E-state index contributed by atoms with van der Waals surface area (Å²) >= 11 is 0. The van der Waals surface area contributed by atoms with Gasteiger partial charge in [-0.25, -0.2) is 0 Å². The third-order valence-electron chi connectivity index (χ3n) is 7.01. The van der Waals surface area contributed by atoms with Gasteiger partial charge in [-0.2, -0.15) is 0 Å². The Morgan fingerprint density at radius 1 is 0.781 bits per heavy atom. The fourth-order valence-corrected chi connectivity index (χ4v) is 9.81. The summed E-state index contributed by atoms with van der Waals surface area (Å²) in [7, 11) is -2.56. The molecule has 0 aliphatic carbocycles. The molecule has 1 fully saturated rings. The Hall–Kier alpha value is -2.62. The van der Waals surface area contributed by atoms with E-state index in [9.17, 15) is 0 Å².